The van der Waals surface area contributed by atoms with Crippen LogP contribution in [0, 0.1) is 6.92 Å². The molecule has 2 aromatic rings. The van der Waals surface area contributed by atoms with Crippen LogP contribution in [0.15, 0.2) is 41.3 Å². The van der Waals surface area contributed by atoms with Gasteiger partial charge in [0.25, 0.3) is 5.56 Å². The molecule has 0 amide bonds. The molecule has 94 valence electrons. The monoisotopic (exact) mass is 243 g/mol. The van der Waals surface area contributed by atoms with E-state index in [0.29, 0.717) is 0 Å². The molecule has 0 aliphatic heterocycles. The molecule has 0 unspecified atom stereocenters. The van der Waals surface area contributed by atoms with Crippen LogP contribution in [0.2, 0.25) is 0 Å². The lowest BCUT2D eigenvalue weighted by molar-refractivity contribution is 0.242. The number of aromatic amines is 1. The molecule has 0 spiro atoms. The van der Waals surface area contributed by atoms with E-state index in [1.54, 1.807) is 13.1 Å². The van der Waals surface area contributed by atoms with Crippen molar-refractivity contribution in [3.05, 3.63) is 52.4 Å². The van der Waals surface area contributed by atoms with Crippen LogP contribution >= 0.6 is 0 Å². The number of aryl methyl sites for hydroxylation is 1. The summed E-state index contributed by atoms with van der Waals surface area (Å²) in [5.74, 6) is 0.856. The SMILES string of the molecule is Cc1cc(-c2ccc(OC(C)C)cc2)c[nH]c1=O. The van der Waals surface area contributed by atoms with E-state index in [4.69, 9.17) is 4.74 Å². The van der Waals surface area contributed by atoms with Crippen molar-refractivity contribution < 1.29 is 4.74 Å². The maximum Gasteiger partial charge on any atom is 0.250 e. The van der Waals surface area contributed by atoms with E-state index in [-0.39, 0.29) is 11.7 Å². The van der Waals surface area contributed by atoms with Crippen LogP contribution in [0.1, 0.15) is 19.4 Å². The van der Waals surface area contributed by atoms with Gasteiger partial charge in [-0.2, -0.15) is 0 Å². The summed E-state index contributed by atoms with van der Waals surface area (Å²) in [6.07, 6.45) is 1.90. The summed E-state index contributed by atoms with van der Waals surface area (Å²) >= 11 is 0. The zero-order valence-corrected chi connectivity index (χ0v) is 10.9. The van der Waals surface area contributed by atoms with Gasteiger partial charge in [0, 0.05) is 11.8 Å². The molecule has 2 rings (SSSR count). The molecule has 1 N–H and O–H groups in total. The maximum atomic E-state index is 11.3. The first-order valence-electron chi connectivity index (χ1n) is 6.02. The highest BCUT2D eigenvalue weighted by atomic mass is 16.5. The van der Waals surface area contributed by atoms with E-state index in [1.807, 2.05) is 44.2 Å². The van der Waals surface area contributed by atoms with Gasteiger partial charge in [0.15, 0.2) is 0 Å². The Hall–Kier alpha value is -2.03. The summed E-state index contributed by atoms with van der Waals surface area (Å²) in [6.45, 7) is 5.80. The fourth-order valence-electron chi connectivity index (χ4n) is 1.76. The Labute approximate surface area is 106 Å². The largest absolute Gasteiger partial charge is 0.491 e. The summed E-state index contributed by atoms with van der Waals surface area (Å²) < 4.78 is 5.59. The third-order valence-corrected chi connectivity index (χ3v) is 2.65. The van der Waals surface area contributed by atoms with E-state index < -0.39 is 0 Å². The Balaban J connectivity index is 2.28. The summed E-state index contributed by atoms with van der Waals surface area (Å²) in [6, 6.07) is 9.75. The first-order valence-corrected chi connectivity index (χ1v) is 6.02. The molecule has 0 fully saturated rings. The third kappa shape index (κ3) is 2.80. The number of nitrogens with one attached hydrogen (secondary N) is 1. The minimum absolute atomic E-state index is 0.0430. The van der Waals surface area contributed by atoms with E-state index in [2.05, 4.69) is 4.98 Å². The van der Waals surface area contributed by atoms with Crippen molar-refractivity contribution in [2.75, 3.05) is 0 Å². The Bertz CT molecular complexity index is 582. The summed E-state index contributed by atoms with van der Waals surface area (Å²) in [7, 11) is 0. The van der Waals surface area contributed by atoms with Gasteiger partial charge in [-0.3, -0.25) is 4.79 Å². The molecule has 18 heavy (non-hydrogen) atoms. The molecule has 0 aliphatic carbocycles. The molecule has 0 radical (unpaired) electrons. The number of hydrogen-bond donors (Lipinski definition) is 1. The minimum atomic E-state index is -0.0430. The zero-order chi connectivity index (χ0) is 13.1. The molecular weight excluding hydrogens is 226 g/mol. The first kappa shape index (κ1) is 12.4. The van der Waals surface area contributed by atoms with Crippen molar-refractivity contribution in [2.45, 2.75) is 26.9 Å². The summed E-state index contributed by atoms with van der Waals surface area (Å²) in [5, 5.41) is 0. The lowest BCUT2D eigenvalue weighted by Crippen LogP contribution is -2.08. The summed E-state index contributed by atoms with van der Waals surface area (Å²) in [4.78, 5) is 14.0. The van der Waals surface area contributed by atoms with Crippen molar-refractivity contribution in [1.82, 2.24) is 4.98 Å². The van der Waals surface area contributed by atoms with Gasteiger partial charge in [-0.1, -0.05) is 12.1 Å². The Morgan fingerprint density at radius 1 is 1.11 bits per heavy atom. The zero-order valence-electron chi connectivity index (χ0n) is 10.9. The van der Waals surface area contributed by atoms with Crippen molar-refractivity contribution in [2.24, 2.45) is 0 Å². The van der Waals surface area contributed by atoms with Crippen LogP contribution in [-0.2, 0) is 0 Å². The van der Waals surface area contributed by atoms with Crippen LogP contribution in [0.4, 0.5) is 0 Å². The number of hydrogen-bond acceptors (Lipinski definition) is 2. The number of aromatic nitrogens is 1. The van der Waals surface area contributed by atoms with E-state index in [1.165, 1.54) is 0 Å². The second-order valence-electron chi connectivity index (χ2n) is 4.59. The van der Waals surface area contributed by atoms with E-state index in [0.717, 1.165) is 22.4 Å². The Morgan fingerprint density at radius 2 is 1.78 bits per heavy atom. The third-order valence-electron chi connectivity index (χ3n) is 2.65. The lowest BCUT2D eigenvalue weighted by atomic mass is 10.1. The van der Waals surface area contributed by atoms with Gasteiger partial charge in [0.2, 0.25) is 0 Å². The highest BCUT2D eigenvalue weighted by Gasteiger charge is 2.02. The number of ether oxygens (including phenoxy) is 1. The lowest BCUT2D eigenvalue weighted by Gasteiger charge is -2.10. The molecule has 3 heteroatoms. The van der Waals surface area contributed by atoms with Crippen LogP contribution in [0.25, 0.3) is 11.1 Å². The molecule has 0 aliphatic rings. The second kappa shape index (κ2) is 5.08. The molecule has 0 saturated carbocycles. The predicted molar refractivity (Wildman–Crippen MR) is 73.0 cm³/mol. The fraction of sp³-hybridized carbons (Fsp3) is 0.267. The van der Waals surface area contributed by atoms with Gasteiger partial charge in [-0.05, 0) is 50.1 Å². The standard InChI is InChI=1S/C15H17NO2/c1-10(2)18-14-6-4-12(5-7-14)13-8-11(3)15(17)16-9-13/h4-10H,1-3H3,(H,16,17). The molecule has 1 heterocycles. The Kier molecular flexibility index (Phi) is 3.51. The predicted octanol–water partition coefficient (Wildman–Crippen LogP) is 3.14. The smallest absolute Gasteiger partial charge is 0.250 e. The highest BCUT2D eigenvalue weighted by molar-refractivity contribution is 5.63. The molecule has 1 aromatic carbocycles. The van der Waals surface area contributed by atoms with Crippen LogP contribution < -0.4 is 10.3 Å². The molecule has 1 aromatic heterocycles. The van der Waals surface area contributed by atoms with Crippen molar-refractivity contribution >= 4 is 0 Å². The van der Waals surface area contributed by atoms with Crippen LogP contribution in [-0.4, -0.2) is 11.1 Å². The van der Waals surface area contributed by atoms with Gasteiger partial charge in [0.05, 0.1) is 6.10 Å². The van der Waals surface area contributed by atoms with Gasteiger partial charge in [-0.25, -0.2) is 0 Å². The minimum Gasteiger partial charge on any atom is -0.491 e. The molecule has 0 saturated heterocycles. The number of pyridine rings is 1. The van der Waals surface area contributed by atoms with Gasteiger partial charge >= 0.3 is 0 Å². The molecule has 3 nitrogen and oxygen atoms in total. The molecule has 0 bridgehead atoms. The molecular formula is C15H17NO2. The Morgan fingerprint density at radius 3 is 2.33 bits per heavy atom. The summed E-state index contributed by atoms with van der Waals surface area (Å²) in [5.41, 5.74) is 2.74. The van der Waals surface area contributed by atoms with E-state index >= 15 is 0 Å². The normalized spacial score (nSPS) is 10.7. The van der Waals surface area contributed by atoms with Crippen molar-refractivity contribution in [3.63, 3.8) is 0 Å². The van der Waals surface area contributed by atoms with Crippen molar-refractivity contribution in [1.29, 1.82) is 0 Å². The van der Waals surface area contributed by atoms with Gasteiger partial charge < -0.3 is 9.72 Å². The average molecular weight is 243 g/mol. The maximum absolute atomic E-state index is 11.3. The van der Waals surface area contributed by atoms with Crippen LogP contribution in [0.3, 0.4) is 0 Å². The van der Waals surface area contributed by atoms with Gasteiger partial charge in [-0.15, -0.1) is 0 Å². The molecule has 0 atom stereocenters. The second-order valence-corrected chi connectivity index (χ2v) is 4.59. The quantitative estimate of drug-likeness (QED) is 0.899. The topological polar surface area (TPSA) is 42.1 Å². The number of benzene rings is 1. The first-order chi connectivity index (χ1) is 8.56. The van der Waals surface area contributed by atoms with E-state index in [9.17, 15) is 4.79 Å². The van der Waals surface area contributed by atoms with Crippen LogP contribution in [0.5, 0.6) is 5.75 Å². The fourth-order valence-corrected chi connectivity index (χ4v) is 1.76. The number of H-pyrrole nitrogens is 1. The van der Waals surface area contributed by atoms with Crippen molar-refractivity contribution in [3.8, 4) is 16.9 Å². The average Bonchev–Trinajstić information content (AvgIpc) is 2.33. The number of rotatable bonds is 3. The highest BCUT2D eigenvalue weighted by Crippen LogP contribution is 2.22. The van der Waals surface area contributed by atoms with Gasteiger partial charge in [0.1, 0.15) is 5.75 Å².